The first-order valence-corrected chi connectivity index (χ1v) is 6.14. The van der Waals surface area contributed by atoms with Gasteiger partial charge in [0.05, 0.1) is 12.1 Å². The van der Waals surface area contributed by atoms with Crippen LogP contribution in [0.3, 0.4) is 0 Å². The van der Waals surface area contributed by atoms with Crippen molar-refractivity contribution in [2.24, 2.45) is 4.99 Å². The fraction of sp³-hybridized carbons (Fsp3) is 0.267. The van der Waals surface area contributed by atoms with E-state index in [2.05, 4.69) is 23.7 Å². The van der Waals surface area contributed by atoms with E-state index < -0.39 is 0 Å². The van der Waals surface area contributed by atoms with Crippen molar-refractivity contribution in [1.82, 2.24) is 0 Å². The summed E-state index contributed by atoms with van der Waals surface area (Å²) in [5.74, 6) is 0. The van der Waals surface area contributed by atoms with E-state index in [1.807, 2.05) is 30.3 Å². The SMILES string of the molecule is CCN(CC)c1ccc(C=N/C(C#N)=C/C#N)cc1. The molecule has 0 spiro atoms. The van der Waals surface area contributed by atoms with Crippen molar-refractivity contribution in [3.8, 4) is 12.1 Å². The van der Waals surface area contributed by atoms with Gasteiger partial charge in [0, 0.05) is 25.0 Å². The van der Waals surface area contributed by atoms with Gasteiger partial charge in [-0.3, -0.25) is 0 Å². The monoisotopic (exact) mass is 252 g/mol. The van der Waals surface area contributed by atoms with Gasteiger partial charge in [-0.05, 0) is 31.5 Å². The van der Waals surface area contributed by atoms with Gasteiger partial charge in [0.25, 0.3) is 0 Å². The summed E-state index contributed by atoms with van der Waals surface area (Å²) < 4.78 is 0. The number of anilines is 1. The smallest absolute Gasteiger partial charge is 0.150 e. The second kappa shape index (κ2) is 7.68. The van der Waals surface area contributed by atoms with Gasteiger partial charge in [0.2, 0.25) is 0 Å². The molecule has 0 saturated heterocycles. The van der Waals surface area contributed by atoms with Crippen molar-refractivity contribution in [3.05, 3.63) is 41.6 Å². The molecule has 0 N–H and O–H groups in total. The molecule has 1 rings (SSSR count). The van der Waals surface area contributed by atoms with Gasteiger partial charge in [0.15, 0.2) is 5.70 Å². The third-order valence-corrected chi connectivity index (χ3v) is 2.69. The lowest BCUT2D eigenvalue weighted by molar-refractivity contribution is 0.866. The maximum absolute atomic E-state index is 8.73. The Kier molecular flexibility index (Phi) is 5.85. The van der Waals surface area contributed by atoms with Crippen LogP contribution >= 0.6 is 0 Å². The van der Waals surface area contributed by atoms with Crippen LogP contribution < -0.4 is 4.90 Å². The minimum atomic E-state index is 0.107. The molecule has 0 aromatic heterocycles. The molecule has 0 saturated carbocycles. The van der Waals surface area contributed by atoms with Gasteiger partial charge in [-0.1, -0.05) is 12.1 Å². The van der Waals surface area contributed by atoms with Gasteiger partial charge in [-0.2, -0.15) is 10.5 Å². The molecule has 19 heavy (non-hydrogen) atoms. The highest BCUT2D eigenvalue weighted by Crippen LogP contribution is 2.14. The zero-order valence-electron chi connectivity index (χ0n) is 11.2. The van der Waals surface area contributed by atoms with Crippen LogP contribution in [-0.4, -0.2) is 19.3 Å². The molecule has 0 bridgehead atoms. The standard InChI is InChI=1S/C15H16N4/c1-3-19(4-2)15-7-5-13(6-8-15)12-18-14(11-17)9-10-16/h5-9,12H,3-4H2,1-2H3/b14-9+,18-12?. The summed E-state index contributed by atoms with van der Waals surface area (Å²) in [5, 5.41) is 17.2. The Morgan fingerprint density at radius 1 is 1.21 bits per heavy atom. The lowest BCUT2D eigenvalue weighted by Gasteiger charge is -2.20. The van der Waals surface area contributed by atoms with E-state index in [0.717, 1.165) is 30.4 Å². The van der Waals surface area contributed by atoms with E-state index in [4.69, 9.17) is 10.5 Å². The highest BCUT2D eigenvalue weighted by atomic mass is 15.1. The van der Waals surface area contributed by atoms with E-state index in [9.17, 15) is 0 Å². The maximum atomic E-state index is 8.73. The van der Waals surface area contributed by atoms with Gasteiger partial charge in [-0.25, -0.2) is 4.99 Å². The number of aliphatic imine (C=N–C) groups is 1. The number of hydrogen-bond acceptors (Lipinski definition) is 4. The molecule has 0 amide bonds. The molecule has 1 aromatic carbocycles. The van der Waals surface area contributed by atoms with Crippen LogP contribution in [0.1, 0.15) is 19.4 Å². The fourth-order valence-electron chi connectivity index (χ4n) is 1.66. The quantitative estimate of drug-likeness (QED) is 0.598. The van der Waals surface area contributed by atoms with Crippen molar-refractivity contribution in [2.75, 3.05) is 18.0 Å². The summed E-state index contributed by atoms with van der Waals surface area (Å²) in [7, 11) is 0. The van der Waals surface area contributed by atoms with Gasteiger partial charge >= 0.3 is 0 Å². The van der Waals surface area contributed by atoms with Crippen LogP contribution in [0.25, 0.3) is 0 Å². The Balaban J connectivity index is 2.84. The fourth-order valence-corrected chi connectivity index (χ4v) is 1.66. The van der Waals surface area contributed by atoms with Gasteiger partial charge in [0.1, 0.15) is 6.07 Å². The predicted molar refractivity (Wildman–Crippen MR) is 76.9 cm³/mol. The Labute approximate surface area is 113 Å². The van der Waals surface area contributed by atoms with Crippen molar-refractivity contribution >= 4 is 11.9 Å². The first-order chi connectivity index (χ1) is 9.24. The minimum Gasteiger partial charge on any atom is -0.372 e. The lowest BCUT2D eigenvalue weighted by atomic mass is 10.2. The highest BCUT2D eigenvalue weighted by molar-refractivity contribution is 5.81. The number of nitriles is 2. The average molecular weight is 252 g/mol. The first-order valence-electron chi connectivity index (χ1n) is 6.14. The van der Waals surface area contributed by atoms with Crippen molar-refractivity contribution in [1.29, 1.82) is 10.5 Å². The zero-order chi connectivity index (χ0) is 14.1. The summed E-state index contributed by atoms with van der Waals surface area (Å²) in [5.41, 5.74) is 2.17. The molecule has 96 valence electrons. The largest absolute Gasteiger partial charge is 0.372 e. The second-order valence-electron chi connectivity index (χ2n) is 3.79. The third kappa shape index (κ3) is 4.29. The van der Waals surface area contributed by atoms with Crippen LogP contribution in [0.5, 0.6) is 0 Å². The van der Waals surface area contributed by atoms with Crippen LogP contribution in [-0.2, 0) is 0 Å². The lowest BCUT2D eigenvalue weighted by Crippen LogP contribution is -2.21. The molecule has 0 fully saturated rings. The number of allylic oxidation sites excluding steroid dienone is 2. The molecule has 0 aliphatic carbocycles. The Morgan fingerprint density at radius 2 is 1.84 bits per heavy atom. The molecule has 0 heterocycles. The van der Waals surface area contributed by atoms with Crippen LogP contribution in [0.15, 0.2) is 41.0 Å². The van der Waals surface area contributed by atoms with E-state index in [-0.39, 0.29) is 5.70 Å². The summed E-state index contributed by atoms with van der Waals surface area (Å²) in [4.78, 5) is 6.20. The van der Waals surface area contributed by atoms with Crippen LogP contribution in [0.2, 0.25) is 0 Å². The molecular weight excluding hydrogens is 236 g/mol. The molecule has 0 radical (unpaired) electrons. The molecule has 1 aromatic rings. The third-order valence-electron chi connectivity index (χ3n) is 2.69. The molecule has 0 aliphatic heterocycles. The van der Waals surface area contributed by atoms with Crippen LogP contribution in [0.4, 0.5) is 5.69 Å². The molecule has 4 heteroatoms. The Morgan fingerprint density at radius 3 is 2.32 bits per heavy atom. The van der Waals surface area contributed by atoms with E-state index >= 15 is 0 Å². The summed E-state index contributed by atoms with van der Waals surface area (Å²) >= 11 is 0. The van der Waals surface area contributed by atoms with Crippen molar-refractivity contribution < 1.29 is 0 Å². The molecule has 0 aliphatic rings. The van der Waals surface area contributed by atoms with E-state index in [1.165, 1.54) is 0 Å². The molecule has 4 nitrogen and oxygen atoms in total. The highest BCUT2D eigenvalue weighted by Gasteiger charge is 2.00. The van der Waals surface area contributed by atoms with Crippen LogP contribution in [0, 0.1) is 22.7 Å². The van der Waals surface area contributed by atoms with E-state index in [0.29, 0.717) is 0 Å². The molecular formula is C15H16N4. The average Bonchev–Trinajstić information content (AvgIpc) is 2.46. The Hall–Kier alpha value is -2.59. The predicted octanol–water partition coefficient (Wildman–Crippen LogP) is 2.88. The van der Waals surface area contributed by atoms with Crippen molar-refractivity contribution in [3.63, 3.8) is 0 Å². The topological polar surface area (TPSA) is 63.2 Å². The first kappa shape index (κ1) is 14.5. The summed E-state index contributed by atoms with van der Waals surface area (Å²) in [6.07, 6.45) is 2.71. The number of rotatable bonds is 5. The van der Waals surface area contributed by atoms with Crippen molar-refractivity contribution in [2.45, 2.75) is 13.8 Å². The summed E-state index contributed by atoms with van der Waals surface area (Å²) in [6, 6.07) is 11.6. The molecule has 0 atom stereocenters. The van der Waals surface area contributed by atoms with Gasteiger partial charge < -0.3 is 4.90 Å². The number of hydrogen-bond donors (Lipinski definition) is 0. The molecule has 0 unspecified atom stereocenters. The van der Waals surface area contributed by atoms with Gasteiger partial charge in [-0.15, -0.1) is 0 Å². The van der Waals surface area contributed by atoms with E-state index in [1.54, 1.807) is 12.3 Å². The maximum Gasteiger partial charge on any atom is 0.150 e. The Bertz CT molecular complexity index is 537. The normalized spacial score (nSPS) is 11.1. The zero-order valence-corrected chi connectivity index (χ0v) is 11.2. The summed E-state index contributed by atoms with van der Waals surface area (Å²) in [6.45, 7) is 6.16. The number of benzene rings is 1. The number of nitrogens with zero attached hydrogens (tertiary/aromatic N) is 4. The minimum absolute atomic E-state index is 0.107. The second-order valence-corrected chi connectivity index (χ2v) is 3.79.